The fourth-order valence-corrected chi connectivity index (χ4v) is 2.67. The van der Waals surface area contributed by atoms with Gasteiger partial charge in [0.15, 0.2) is 4.77 Å². The highest BCUT2D eigenvalue weighted by molar-refractivity contribution is 7.71. The zero-order valence-corrected chi connectivity index (χ0v) is 12.1. The van der Waals surface area contributed by atoms with Crippen LogP contribution in [0.4, 0.5) is 4.39 Å². The summed E-state index contributed by atoms with van der Waals surface area (Å²) in [5.41, 5.74) is 1.49. The summed E-state index contributed by atoms with van der Waals surface area (Å²) in [4.78, 5) is 7.04. The van der Waals surface area contributed by atoms with Crippen LogP contribution in [0.5, 0.6) is 0 Å². The standard InChI is InChI=1S/C13H12ClFN4S/c14-9-6-11-12(7-10(9)15)19(13(20)17-11)4-1-3-18-5-2-16-8-18/h2,5-8H,1,3-4H2,(H,17,20). The number of fused-ring (bicyclic) bond motifs is 1. The van der Waals surface area contributed by atoms with Gasteiger partial charge in [-0.15, -0.1) is 0 Å². The number of aromatic nitrogens is 4. The number of nitrogens with zero attached hydrogens (tertiary/aromatic N) is 3. The molecule has 0 aliphatic carbocycles. The van der Waals surface area contributed by atoms with E-state index < -0.39 is 5.82 Å². The van der Waals surface area contributed by atoms with Crippen molar-refractivity contribution in [2.45, 2.75) is 19.5 Å². The molecule has 0 spiro atoms. The van der Waals surface area contributed by atoms with E-state index in [9.17, 15) is 4.39 Å². The number of H-pyrrole nitrogens is 1. The summed E-state index contributed by atoms with van der Waals surface area (Å²) in [6, 6.07) is 2.98. The van der Waals surface area contributed by atoms with Crippen molar-refractivity contribution >= 4 is 34.9 Å². The van der Waals surface area contributed by atoms with E-state index in [1.165, 1.54) is 6.07 Å². The molecule has 0 radical (unpaired) electrons. The summed E-state index contributed by atoms with van der Waals surface area (Å²) in [7, 11) is 0. The van der Waals surface area contributed by atoms with Gasteiger partial charge in [-0.3, -0.25) is 0 Å². The topological polar surface area (TPSA) is 38.5 Å². The molecule has 7 heteroatoms. The molecule has 0 fully saturated rings. The second-order valence-corrected chi connectivity index (χ2v) is 5.31. The smallest absolute Gasteiger partial charge is 0.178 e. The predicted octanol–water partition coefficient (Wildman–Crippen LogP) is 3.78. The van der Waals surface area contributed by atoms with Crippen molar-refractivity contribution in [3.63, 3.8) is 0 Å². The third kappa shape index (κ3) is 2.48. The largest absolute Gasteiger partial charge is 0.337 e. The van der Waals surface area contributed by atoms with Crippen molar-refractivity contribution in [1.29, 1.82) is 0 Å². The summed E-state index contributed by atoms with van der Waals surface area (Å²) in [6.07, 6.45) is 6.30. The van der Waals surface area contributed by atoms with E-state index in [4.69, 9.17) is 23.8 Å². The Bertz CT molecular complexity index is 791. The lowest BCUT2D eigenvalue weighted by atomic mass is 10.3. The van der Waals surface area contributed by atoms with Gasteiger partial charge in [-0.25, -0.2) is 9.37 Å². The Kier molecular flexibility index (Phi) is 3.58. The zero-order chi connectivity index (χ0) is 14.1. The van der Waals surface area contributed by atoms with E-state index in [2.05, 4.69) is 9.97 Å². The summed E-state index contributed by atoms with van der Waals surface area (Å²) in [5, 5.41) is 0.0966. The highest BCUT2D eigenvalue weighted by Crippen LogP contribution is 2.23. The van der Waals surface area contributed by atoms with Crippen LogP contribution in [0.3, 0.4) is 0 Å². The first-order chi connectivity index (χ1) is 9.65. The Hall–Kier alpha value is -1.66. The molecule has 0 saturated carbocycles. The van der Waals surface area contributed by atoms with Crippen molar-refractivity contribution in [2.75, 3.05) is 0 Å². The lowest BCUT2D eigenvalue weighted by Crippen LogP contribution is -2.03. The number of rotatable bonds is 4. The molecule has 0 amide bonds. The van der Waals surface area contributed by atoms with Crippen molar-refractivity contribution in [3.05, 3.63) is 46.5 Å². The van der Waals surface area contributed by atoms with Crippen LogP contribution < -0.4 is 0 Å². The number of nitrogens with one attached hydrogen (secondary N) is 1. The highest BCUT2D eigenvalue weighted by atomic mass is 35.5. The lowest BCUT2D eigenvalue weighted by Gasteiger charge is -2.05. The molecule has 0 saturated heterocycles. The Morgan fingerprint density at radius 1 is 1.35 bits per heavy atom. The van der Waals surface area contributed by atoms with Crippen LogP contribution in [-0.2, 0) is 13.1 Å². The van der Waals surface area contributed by atoms with E-state index in [0.717, 1.165) is 24.0 Å². The molecule has 2 aromatic heterocycles. The van der Waals surface area contributed by atoms with Crippen LogP contribution in [0.1, 0.15) is 6.42 Å². The number of aromatic amines is 1. The number of hydrogen-bond acceptors (Lipinski definition) is 2. The molecule has 0 unspecified atom stereocenters. The molecule has 3 rings (SSSR count). The second-order valence-electron chi connectivity index (χ2n) is 4.52. The summed E-state index contributed by atoms with van der Waals surface area (Å²) < 4.78 is 18.0. The zero-order valence-electron chi connectivity index (χ0n) is 10.5. The van der Waals surface area contributed by atoms with Crippen LogP contribution >= 0.6 is 23.8 Å². The number of imidazole rings is 2. The quantitative estimate of drug-likeness (QED) is 0.745. The van der Waals surface area contributed by atoms with E-state index in [1.807, 2.05) is 15.3 Å². The van der Waals surface area contributed by atoms with E-state index >= 15 is 0 Å². The molecule has 0 atom stereocenters. The molecule has 1 N–H and O–H groups in total. The van der Waals surface area contributed by atoms with Gasteiger partial charge < -0.3 is 14.1 Å². The van der Waals surface area contributed by atoms with Gasteiger partial charge in [0.25, 0.3) is 0 Å². The van der Waals surface area contributed by atoms with Gasteiger partial charge in [-0.05, 0) is 24.7 Å². The maximum atomic E-state index is 13.6. The first-order valence-corrected chi connectivity index (χ1v) is 6.97. The molecule has 0 aliphatic rings. The van der Waals surface area contributed by atoms with Crippen LogP contribution in [0, 0.1) is 10.6 Å². The van der Waals surface area contributed by atoms with E-state index in [-0.39, 0.29) is 5.02 Å². The summed E-state index contributed by atoms with van der Waals surface area (Å²) >= 11 is 11.0. The van der Waals surface area contributed by atoms with Crippen LogP contribution in [0.25, 0.3) is 11.0 Å². The Labute approximate surface area is 124 Å². The maximum Gasteiger partial charge on any atom is 0.178 e. The number of halogens is 2. The molecule has 104 valence electrons. The molecule has 1 aromatic carbocycles. The molecular formula is C13H12ClFN4S. The van der Waals surface area contributed by atoms with Gasteiger partial charge in [-0.1, -0.05) is 11.6 Å². The molecule has 4 nitrogen and oxygen atoms in total. The number of hydrogen-bond donors (Lipinski definition) is 1. The number of benzene rings is 1. The Morgan fingerprint density at radius 3 is 2.95 bits per heavy atom. The van der Waals surface area contributed by atoms with Gasteiger partial charge in [0.05, 0.1) is 22.4 Å². The van der Waals surface area contributed by atoms with Crippen LogP contribution in [0.15, 0.2) is 30.9 Å². The third-order valence-electron chi connectivity index (χ3n) is 3.17. The predicted molar refractivity (Wildman–Crippen MR) is 78.9 cm³/mol. The van der Waals surface area contributed by atoms with Crippen LogP contribution in [0.2, 0.25) is 5.02 Å². The fraction of sp³-hybridized carbons (Fsp3) is 0.231. The molecule has 20 heavy (non-hydrogen) atoms. The monoisotopic (exact) mass is 310 g/mol. The Balaban J connectivity index is 1.85. The lowest BCUT2D eigenvalue weighted by molar-refractivity contribution is 0.566. The fourth-order valence-electron chi connectivity index (χ4n) is 2.20. The van der Waals surface area contributed by atoms with Gasteiger partial charge in [0.2, 0.25) is 0 Å². The average molecular weight is 311 g/mol. The van der Waals surface area contributed by atoms with Crippen molar-refractivity contribution in [1.82, 2.24) is 19.1 Å². The number of aryl methyl sites for hydroxylation is 2. The molecule has 3 aromatic rings. The van der Waals surface area contributed by atoms with E-state index in [1.54, 1.807) is 18.6 Å². The van der Waals surface area contributed by atoms with E-state index in [0.29, 0.717) is 11.3 Å². The van der Waals surface area contributed by atoms with Gasteiger partial charge in [0, 0.05) is 31.5 Å². The maximum absolute atomic E-state index is 13.6. The second kappa shape index (κ2) is 5.38. The molecule has 0 bridgehead atoms. The SMILES string of the molecule is Fc1cc2c(cc1Cl)[nH]c(=S)n2CCCn1ccnc1. The van der Waals surface area contributed by atoms with Gasteiger partial charge >= 0.3 is 0 Å². The highest BCUT2D eigenvalue weighted by Gasteiger charge is 2.08. The summed E-state index contributed by atoms with van der Waals surface area (Å²) in [6.45, 7) is 1.54. The van der Waals surface area contributed by atoms with Gasteiger partial charge in [0.1, 0.15) is 5.82 Å². The molecule has 0 aliphatic heterocycles. The first-order valence-electron chi connectivity index (χ1n) is 6.18. The van der Waals surface area contributed by atoms with Crippen LogP contribution in [-0.4, -0.2) is 19.1 Å². The van der Waals surface area contributed by atoms with Crippen molar-refractivity contribution in [2.24, 2.45) is 0 Å². The van der Waals surface area contributed by atoms with Crippen molar-refractivity contribution < 1.29 is 4.39 Å². The summed E-state index contributed by atoms with van der Waals surface area (Å²) in [5.74, 6) is -0.434. The first kappa shape index (κ1) is 13.3. The van der Waals surface area contributed by atoms with Gasteiger partial charge in [-0.2, -0.15) is 0 Å². The average Bonchev–Trinajstić information content (AvgIpc) is 3.01. The van der Waals surface area contributed by atoms with Crippen molar-refractivity contribution in [3.8, 4) is 0 Å². The molecule has 2 heterocycles. The third-order valence-corrected chi connectivity index (χ3v) is 3.79. The Morgan fingerprint density at radius 2 is 2.20 bits per heavy atom. The minimum Gasteiger partial charge on any atom is -0.337 e. The minimum absolute atomic E-state index is 0.0966. The molecular weight excluding hydrogens is 299 g/mol. The minimum atomic E-state index is -0.434. The normalized spacial score (nSPS) is 11.3.